The minimum Gasteiger partial charge on any atom is -0.300 e. The van der Waals surface area contributed by atoms with Crippen molar-refractivity contribution in [2.24, 2.45) is 0 Å². The highest BCUT2D eigenvalue weighted by Gasteiger charge is 2.37. The first-order chi connectivity index (χ1) is 5.54. The molecule has 0 radical (unpaired) electrons. The average Bonchev–Trinajstić information content (AvgIpc) is 2.30. The number of hydrogen-bond donors (Lipinski definition) is 0. The van der Waals surface area contributed by atoms with Crippen LogP contribution in [0, 0.1) is 0 Å². The van der Waals surface area contributed by atoms with Gasteiger partial charge in [0.25, 0.3) is 0 Å². The molecule has 2 nitrogen and oxygen atoms in total. The van der Waals surface area contributed by atoms with Crippen molar-refractivity contribution in [2.45, 2.75) is 37.9 Å². The Hall–Kier alpha value is -0.310. The van der Waals surface area contributed by atoms with Crippen LogP contribution >= 0.6 is 11.8 Å². The summed E-state index contributed by atoms with van der Waals surface area (Å²) >= 11 is 1.69. The van der Waals surface area contributed by atoms with E-state index in [1.807, 2.05) is 6.92 Å². The zero-order valence-corrected chi connectivity index (χ0v) is 8.37. The molecule has 0 unspecified atom stereocenters. The second kappa shape index (κ2) is 3.60. The number of thioether (sulfide) groups is 1. The Morgan fingerprint density at radius 2 is 2.33 bits per heavy atom. The van der Waals surface area contributed by atoms with E-state index in [4.69, 9.17) is 0 Å². The number of carbonyl (C=O) groups excluding carboxylic acids is 2. The highest BCUT2D eigenvalue weighted by atomic mass is 32.2. The van der Waals surface area contributed by atoms with Crippen molar-refractivity contribution in [3.05, 3.63) is 0 Å². The summed E-state index contributed by atoms with van der Waals surface area (Å²) in [5.41, 5.74) is 0. The first-order valence-corrected chi connectivity index (χ1v) is 5.20. The number of hydrogen-bond acceptors (Lipinski definition) is 3. The lowest BCUT2D eigenvalue weighted by Crippen LogP contribution is -2.26. The minimum atomic E-state index is -0.258. The van der Waals surface area contributed by atoms with Crippen LogP contribution in [0.15, 0.2) is 0 Å². The van der Waals surface area contributed by atoms with E-state index in [9.17, 15) is 9.59 Å². The van der Waals surface area contributed by atoms with Crippen molar-refractivity contribution >= 4 is 23.3 Å². The fraction of sp³-hybridized carbons (Fsp3) is 0.778. The lowest BCUT2D eigenvalue weighted by Gasteiger charge is -2.19. The molecule has 0 aromatic heterocycles. The van der Waals surface area contributed by atoms with E-state index in [2.05, 4.69) is 0 Å². The number of rotatable bonds is 3. The fourth-order valence-electron chi connectivity index (χ4n) is 1.34. The van der Waals surface area contributed by atoms with Crippen molar-refractivity contribution in [3.63, 3.8) is 0 Å². The third kappa shape index (κ3) is 2.09. The Kier molecular flexibility index (Phi) is 2.94. The van der Waals surface area contributed by atoms with Crippen LogP contribution in [0.2, 0.25) is 0 Å². The molecule has 0 aromatic carbocycles. The van der Waals surface area contributed by atoms with Gasteiger partial charge in [-0.05, 0) is 20.3 Å². The standard InChI is InChI=1S/C9H14O2S/c1-7(10)3-5-9(2)8(11)4-6-12-9/h3-6H2,1-2H3/t9-/m0/s1. The lowest BCUT2D eigenvalue weighted by molar-refractivity contribution is -0.120. The van der Waals surface area contributed by atoms with E-state index in [1.54, 1.807) is 18.7 Å². The molecule has 1 heterocycles. The molecule has 1 fully saturated rings. The van der Waals surface area contributed by atoms with Gasteiger partial charge < -0.3 is 4.79 Å². The Bertz CT molecular complexity index is 213. The monoisotopic (exact) mass is 186 g/mol. The molecule has 0 aliphatic carbocycles. The summed E-state index contributed by atoms with van der Waals surface area (Å²) in [6.45, 7) is 3.53. The van der Waals surface area contributed by atoms with Gasteiger partial charge in [-0.3, -0.25) is 4.79 Å². The van der Waals surface area contributed by atoms with Gasteiger partial charge in [-0.2, -0.15) is 0 Å². The van der Waals surface area contributed by atoms with Crippen LogP contribution in [0.4, 0.5) is 0 Å². The quantitative estimate of drug-likeness (QED) is 0.674. The first kappa shape index (κ1) is 9.78. The molecule has 1 aliphatic rings. The van der Waals surface area contributed by atoms with E-state index in [0.29, 0.717) is 25.0 Å². The van der Waals surface area contributed by atoms with Gasteiger partial charge in [-0.15, -0.1) is 11.8 Å². The third-order valence-electron chi connectivity index (χ3n) is 2.29. The van der Waals surface area contributed by atoms with E-state index in [-0.39, 0.29) is 10.5 Å². The number of ketones is 2. The maximum absolute atomic E-state index is 11.4. The maximum Gasteiger partial charge on any atom is 0.149 e. The van der Waals surface area contributed by atoms with Crippen molar-refractivity contribution in [1.82, 2.24) is 0 Å². The Labute approximate surface area is 77.1 Å². The van der Waals surface area contributed by atoms with Crippen molar-refractivity contribution in [1.29, 1.82) is 0 Å². The molecule has 0 saturated carbocycles. The van der Waals surface area contributed by atoms with Gasteiger partial charge in [0.05, 0.1) is 4.75 Å². The predicted molar refractivity (Wildman–Crippen MR) is 50.4 cm³/mol. The van der Waals surface area contributed by atoms with E-state index in [1.165, 1.54) is 0 Å². The van der Waals surface area contributed by atoms with Gasteiger partial charge in [0.15, 0.2) is 0 Å². The smallest absolute Gasteiger partial charge is 0.149 e. The van der Waals surface area contributed by atoms with Crippen LogP contribution in [0.25, 0.3) is 0 Å². The molecular weight excluding hydrogens is 172 g/mol. The first-order valence-electron chi connectivity index (χ1n) is 4.21. The van der Waals surface area contributed by atoms with E-state index >= 15 is 0 Å². The molecule has 1 aliphatic heterocycles. The molecule has 1 atom stereocenters. The van der Waals surface area contributed by atoms with Gasteiger partial charge in [-0.25, -0.2) is 0 Å². The largest absolute Gasteiger partial charge is 0.300 e. The second-order valence-electron chi connectivity index (χ2n) is 3.45. The van der Waals surface area contributed by atoms with Crippen molar-refractivity contribution in [3.8, 4) is 0 Å². The number of Topliss-reactive ketones (excluding diaryl/α,β-unsaturated/α-hetero) is 2. The van der Waals surface area contributed by atoms with Gasteiger partial charge in [0, 0.05) is 18.6 Å². The molecular formula is C9H14O2S. The summed E-state index contributed by atoms with van der Waals surface area (Å²) in [5, 5.41) is 0. The minimum absolute atomic E-state index is 0.177. The lowest BCUT2D eigenvalue weighted by atomic mass is 9.97. The van der Waals surface area contributed by atoms with Gasteiger partial charge in [0.1, 0.15) is 11.6 Å². The van der Waals surface area contributed by atoms with Crippen LogP contribution in [0.1, 0.15) is 33.1 Å². The van der Waals surface area contributed by atoms with Crippen LogP contribution in [-0.2, 0) is 9.59 Å². The molecule has 0 N–H and O–H groups in total. The zero-order chi connectivity index (χ0) is 9.19. The molecule has 0 aromatic rings. The van der Waals surface area contributed by atoms with E-state index in [0.717, 1.165) is 5.75 Å². The van der Waals surface area contributed by atoms with Gasteiger partial charge in [0.2, 0.25) is 0 Å². The SMILES string of the molecule is CC(=O)CC[C@]1(C)SCCC1=O. The van der Waals surface area contributed by atoms with Crippen LogP contribution in [-0.4, -0.2) is 22.1 Å². The zero-order valence-electron chi connectivity index (χ0n) is 7.55. The normalized spacial score (nSPS) is 29.3. The Balaban J connectivity index is 2.48. The average molecular weight is 186 g/mol. The highest BCUT2D eigenvalue weighted by Crippen LogP contribution is 2.38. The van der Waals surface area contributed by atoms with Crippen molar-refractivity contribution < 1.29 is 9.59 Å². The molecule has 68 valence electrons. The highest BCUT2D eigenvalue weighted by molar-refractivity contribution is 8.01. The summed E-state index contributed by atoms with van der Waals surface area (Å²) in [4.78, 5) is 22.1. The Morgan fingerprint density at radius 1 is 1.67 bits per heavy atom. The van der Waals surface area contributed by atoms with Crippen molar-refractivity contribution in [2.75, 3.05) is 5.75 Å². The molecule has 3 heteroatoms. The summed E-state index contributed by atoms with van der Waals surface area (Å²) < 4.78 is -0.258. The molecule has 0 spiro atoms. The third-order valence-corrected chi connectivity index (χ3v) is 3.77. The maximum atomic E-state index is 11.4. The van der Waals surface area contributed by atoms with Crippen LogP contribution in [0.5, 0.6) is 0 Å². The van der Waals surface area contributed by atoms with Gasteiger partial charge >= 0.3 is 0 Å². The van der Waals surface area contributed by atoms with Gasteiger partial charge in [-0.1, -0.05) is 0 Å². The summed E-state index contributed by atoms with van der Waals surface area (Å²) in [6, 6.07) is 0. The molecule has 0 amide bonds. The summed E-state index contributed by atoms with van der Waals surface area (Å²) in [7, 11) is 0. The number of carbonyl (C=O) groups is 2. The molecule has 1 rings (SSSR count). The van der Waals surface area contributed by atoms with Crippen LogP contribution in [0.3, 0.4) is 0 Å². The summed E-state index contributed by atoms with van der Waals surface area (Å²) in [5.74, 6) is 1.41. The topological polar surface area (TPSA) is 34.1 Å². The molecule has 1 saturated heterocycles. The fourth-order valence-corrected chi connectivity index (χ4v) is 2.59. The second-order valence-corrected chi connectivity index (χ2v) is 5.05. The van der Waals surface area contributed by atoms with E-state index < -0.39 is 0 Å². The summed E-state index contributed by atoms with van der Waals surface area (Å²) in [6.07, 6.45) is 1.93. The molecule has 0 bridgehead atoms. The van der Waals surface area contributed by atoms with Crippen LogP contribution < -0.4 is 0 Å². The Morgan fingerprint density at radius 3 is 2.75 bits per heavy atom. The predicted octanol–water partition coefficient (Wildman–Crippen LogP) is 1.82. The molecule has 12 heavy (non-hydrogen) atoms.